The fourth-order valence-electron chi connectivity index (χ4n) is 1.63. The number of esters is 1. The molecule has 1 amide bonds. The molecule has 0 fully saturated rings. The first-order valence-electron chi connectivity index (χ1n) is 6.71. The van der Waals surface area contributed by atoms with Gasteiger partial charge in [-0.05, 0) is 19.4 Å². The molecule has 1 atom stereocenters. The molecule has 0 saturated carbocycles. The summed E-state index contributed by atoms with van der Waals surface area (Å²) in [5, 5.41) is 0. The summed E-state index contributed by atoms with van der Waals surface area (Å²) in [6.07, 6.45) is 1.20. The van der Waals surface area contributed by atoms with Crippen LogP contribution in [0.15, 0.2) is 0 Å². The van der Waals surface area contributed by atoms with Gasteiger partial charge in [-0.25, -0.2) is 0 Å². The summed E-state index contributed by atoms with van der Waals surface area (Å²) in [7, 11) is 1.56. The Morgan fingerprint density at radius 2 is 2.00 bits per heavy atom. The molecule has 6 nitrogen and oxygen atoms in total. The summed E-state index contributed by atoms with van der Waals surface area (Å²) in [4.78, 5) is 25.1. The highest BCUT2D eigenvalue weighted by molar-refractivity contribution is 5.82. The molecule has 0 aromatic carbocycles. The van der Waals surface area contributed by atoms with Crippen molar-refractivity contribution in [3.05, 3.63) is 0 Å². The largest absolute Gasteiger partial charge is 0.465 e. The van der Waals surface area contributed by atoms with E-state index in [1.54, 1.807) is 14.0 Å². The van der Waals surface area contributed by atoms with Crippen LogP contribution in [0.2, 0.25) is 0 Å². The van der Waals surface area contributed by atoms with Crippen molar-refractivity contribution in [3.8, 4) is 0 Å². The first-order chi connectivity index (χ1) is 9.08. The van der Waals surface area contributed by atoms with E-state index in [0.29, 0.717) is 32.7 Å². The van der Waals surface area contributed by atoms with Gasteiger partial charge in [0, 0.05) is 20.1 Å². The molecule has 0 aromatic rings. The zero-order valence-electron chi connectivity index (χ0n) is 12.2. The van der Waals surface area contributed by atoms with E-state index in [0.717, 1.165) is 6.42 Å². The SMILES string of the molecule is CCOC(=O)CN(CCOC)C(=O)CC(CC)CN. The van der Waals surface area contributed by atoms with Crippen LogP contribution in [-0.2, 0) is 19.1 Å². The average molecular weight is 274 g/mol. The van der Waals surface area contributed by atoms with Gasteiger partial charge >= 0.3 is 5.97 Å². The molecule has 0 aromatic heterocycles. The van der Waals surface area contributed by atoms with Gasteiger partial charge in [0.05, 0.1) is 13.2 Å². The van der Waals surface area contributed by atoms with Gasteiger partial charge in [-0.3, -0.25) is 9.59 Å². The number of methoxy groups -OCH3 is 1. The predicted molar refractivity (Wildman–Crippen MR) is 72.5 cm³/mol. The van der Waals surface area contributed by atoms with Gasteiger partial charge in [0.1, 0.15) is 6.54 Å². The summed E-state index contributed by atoms with van der Waals surface area (Å²) in [6, 6.07) is 0. The van der Waals surface area contributed by atoms with Gasteiger partial charge in [-0.2, -0.15) is 0 Å². The number of ether oxygens (including phenoxy) is 2. The van der Waals surface area contributed by atoms with E-state index in [2.05, 4.69) is 0 Å². The molecular weight excluding hydrogens is 248 g/mol. The first-order valence-corrected chi connectivity index (χ1v) is 6.71. The van der Waals surface area contributed by atoms with Crippen LogP contribution in [0.4, 0.5) is 0 Å². The topological polar surface area (TPSA) is 81.9 Å². The van der Waals surface area contributed by atoms with Gasteiger partial charge in [0.25, 0.3) is 0 Å². The van der Waals surface area contributed by atoms with Crippen molar-refractivity contribution in [3.63, 3.8) is 0 Å². The highest BCUT2D eigenvalue weighted by atomic mass is 16.5. The summed E-state index contributed by atoms with van der Waals surface area (Å²) >= 11 is 0. The monoisotopic (exact) mass is 274 g/mol. The summed E-state index contributed by atoms with van der Waals surface area (Å²) in [6.45, 7) is 5.26. The van der Waals surface area contributed by atoms with Crippen LogP contribution in [-0.4, -0.2) is 56.7 Å². The van der Waals surface area contributed by atoms with Gasteiger partial charge in [0.15, 0.2) is 0 Å². The third-order valence-electron chi connectivity index (χ3n) is 2.92. The van der Waals surface area contributed by atoms with E-state index in [-0.39, 0.29) is 18.4 Å². The van der Waals surface area contributed by atoms with E-state index in [9.17, 15) is 9.59 Å². The second-order valence-electron chi connectivity index (χ2n) is 4.33. The number of rotatable bonds is 10. The van der Waals surface area contributed by atoms with Crippen molar-refractivity contribution in [2.24, 2.45) is 11.7 Å². The maximum absolute atomic E-state index is 12.1. The zero-order chi connectivity index (χ0) is 14.7. The lowest BCUT2D eigenvalue weighted by atomic mass is 10.0. The first kappa shape index (κ1) is 17.9. The molecule has 0 aliphatic rings. The third-order valence-corrected chi connectivity index (χ3v) is 2.92. The van der Waals surface area contributed by atoms with Crippen molar-refractivity contribution in [2.45, 2.75) is 26.7 Å². The number of hydrogen-bond acceptors (Lipinski definition) is 5. The van der Waals surface area contributed by atoms with Crippen molar-refractivity contribution in [1.82, 2.24) is 4.90 Å². The Kier molecular flexibility index (Phi) is 10.1. The molecule has 0 radical (unpaired) electrons. The fourth-order valence-corrected chi connectivity index (χ4v) is 1.63. The van der Waals surface area contributed by atoms with Crippen LogP contribution in [0.25, 0.3) is 0 Å². The summed E-state index contributed by atoms with van der Waals surface area (Å²) in [5.41, 5.74) is 5.59. The van der Waals surface area contributed by atoms with Crippen LogP contribution < -0.4 is 5.73 Å². The standard InChI is InChI=1S/C13H26N2O4/c1-4-11(9-14)8-12(16)15(6-7-18-3)10-13(17)19-5-2/h11H,4-10,14H2,1-3H3. The Bertz CT molecular complexity index is 267. The van der Waals surface area contributed by atoms with Crippen LogP contribution in [0.1, 0.15) is 26.7 Å². The number of amides is 1. The van der Waals surface area contributed by atoms with Crippen LogP contribution in [0.3, 0.4) is 0 Å². The number of carbonyl (C=O) groups is 2. The number of hydrogen-bond donors (Lipinski definition) is 1. The fraction of sp³-hybridized carbons (Fsp3) is 0.846. The van der Waals surface area contributed by atoms with Crippen LogP contribution in [0, 0.1) is 5.92 Å². The molecular formula is C13H26N2O4. The minimum Gasteiger partial charge on any atom is -0.465 e. The van der Waals surface area contributed by atoms with Crippen LogP contribution >= 0.6 is 0 Å². The van der Waals surface area contributed by atoms with Crippen molar-refractivity contribution >= 4 is 11.9 Å². The zero-order valence-corrected chi connectivity index (χ0v) is 12.2. The van der Waals surface area contributed by atoms with Gasteiger partial charge in [0.2, 0.25) is 5.91 Å². The lowest BCUT2D eigenvalue weighted by Crippen LogP contribution is -2.40. The molecule has 1 unspecified atom stereocenters. The molecule has 0 heterocycles. The molecule has 0 aliphatic carbocycles. The number of nitrogens with zero attached hydrogens (tertiary/aromatic N) is 1. The smallest absolute Gasteiger partial charge is 0.325 e. The van der Waals surface area contributed by atoms with E-state index in [1.807, 2.05) is 6.92 Å². The molecule has 0 saturated heterocycles. The molecule has 0 aliphatic heterocycles. The predicted octanol–water partition coefficient (Wildman–Crippen LogP) is 0.400. The van der Waals surface area contributed by atoms with Crippen molar-refractivity contribution in [2.75, 3.05) is 40.0 Å². The highest BCUT2D eigenvalue weighted by Crippen LogP contribution is 2.09. The van der Waals surface area contributed by atoms with Crippen LogP contribution in [0.5, 0.6) is 0 Å². The summed E-state index contributed by atoms with van der Waals surface area (Å²) < 4.78 is 9.81. The minimum atomic E-state index is -0.396. The lowest BCUT2D eigenvalue weighted by molar-refractivity contribution is -0.149. The van der Waals surface area contributed by atoms with Gasteiger partial charge in [-0.1, -0.05) is 13.3 Å². The maximum atomic E-state index is 12.1. The molecule has 0 bridgehead atoms. The molecule has 112 valence electrons. The van der Waals surface area contributed by atoms with Crippen molar-refractivity contribution < 1.29 is 19.1 Å². The molecule has 0 rings (SSSR count). The van der Waals surface area contributed by atoms with Gasteiger partial charge in [-0.15, -0.1) is 0 Å². The quantitative estimate of drug-likeness (QED) is 0.583. The Labute approximate surface area is 115 Å². The molecule has 6 heteroatoms. The molecule has 2 N–H and O–H groups in total. The number of carbonyl (C=O) groups excluding carboxylic acids is 2. The molecule has 19 heavy (non-hydrogen) atoms. The second-order valence-corrected chi connectivity index (χ2v) is 4.33. The van der Waals surface area contributed by atoms with E-state index in [4.69, 9.17) is 15.2 Å². The summed E-state index contributed by atoms with van der Waals surface area (Å²) in [5.74, 6) is -0.324. The normalized spacial score (nSPS) is 12.0. The maximum Gasteiger partial charge on any atom is 0.325 e. The van der Waals surface area contributed by atoms with E-state index >= 15 is 0 Å². The Morgan fingerprint density at radius 3 is 2.47 bits per heavy atom. The van der Waals surface area contributed by atoms with Gasteiger partial charge < -0.3 is 20.1 Å². The lowest BCUT2D eigenvalue weighted by Gasteiger charge is -2.23. The number of nitrogens with two attached hydrogens (primary N) is 1. The van der Waals surface area contributed by atoms with E-state index < -0.39 is 5.97 Å². The average Bonchev–Trinajstić information content (AvgIpc) is 2.40. The van der Waals surface area contributed by atoms with Crippen molar-refractivity contribution in [1.29, 1.82) is 0 Å². The van der Waals surface area contributed by atoms with E-state index in [1.165, 1.54) is 4.90 Å². The molecule has 0 spiro atoms. The Hall–Kier alpha value is -1.14. The minimum absolute atomic E-state index is 0.0307. The second kappa shape index (κ2) is 10.8. The third kappa shape index (κ3) is 7.79. The Morgan fingerprint density at radius 1 is 1.32 bits per heavy atom. The highest BCUT2D eigenvalue weighted by Gasteiger charge is 2.20. The Balaban J connectivity index is 4.45.